The van der Waals surface area contributed by atoms with E-state index in [4.69, 9.17) is 20.1 Å². The fourth-order valence-electron chi connectivity index (χ4n) is 1.25. The Balaban J connectivity index is 0.000000391. The lowest BCUT2D eigenvalue weighted by molar-refractivity contribution is 0.334. The van der Waals surface area contributed by atoms with Gasteiger partial charge < -0.3 is 20.1 Å². The molecule has 0 aliphatic rings. The lowest BCUT2D eigenvalue weighted by Crippen LogP contribution is -1.93. The maximum Gasteiger partial charge on any atom is 0.164 e. The van der Waals surface area contributed by atoms with Crippen LogP contribution < -0.4 is 4.74 Å². The SMILES string of the molecule is C=CCBr.C=CCOc1cc(F)ccc1O.Oc1ccc(F)cc1O. The van der Waals surface area contributed by atoms with Gasteiger partial charge in [-0.3, -0.25) is 0 Å². The number of benzene rings is 2. The lowest BCUT2D eigenvalue weighted by atomic mass is 10.3. The minimum Gasteiger partial charge on any atom is -0.504 e. The molecule has 0 saturated heterocycles. The van der Waals surface area contributed by atoms with E-state index in [0.29, 0.717) is 0 Å². The molecule has 0 amide bonds. The van der Waals surface area contributed by atoms with Crippen molar-refractivity contribution in [1.82, 2.24) is 0 Å². The molecular formula is C18H19BrF2O4. The Labute approximate surface area is 153 Å². The first-order chi connectivity index (χ1) is 11.8. The first-order valence-corrected chi connectivity index (χ1v) is 8.04. The fraction of sp³-hybridized carbons (Fsp3) is 0.111. The summed E-state index contributed by atoms with van der Waals surface area (Å²) in [5.41, 5.74) is 0. The Morgan fingerprint density at radius 1 is 0.880 bits per heavy atom. The van der Waals surface area contributed by atoms with Gasteiger partial charge in [0, 0.05) is 17.5 Å². The maximum atomic E-state index is 12.6. The van der Waals surface area contributed by atoms with Crippen LogP contribution >= 0.6 is 15.9 Å². The summed E-state index contributed by atoms with van der Waals surface area (Å²) < 4.78 is 29.6. The molecular weight excluding hydrogens is 398 g/mol. The molecule has 0 radical (unpaired) electrons. The van der Waals surface area contributed by atoms with E-state index in [-0.39, 0.29) is 23.9 Å². The number of halogens is 3. The number of hydrogen-bond acceptors (Lipinski definition) is 4. The van der Waals surface area contributed by atoms with Crippen LogP contribution in [0.25, 0.3) is 0 Å². The van der Waals surface area contributed by atoms with Crippen LogP contribution in [0.1, 0.15) is 0 Å². The van der Waals surface area contributed by atoms with Gasteiger partial charge in [-0.2, -0.15) is 0 Å². The minimum atomic E-state index is -0.565. The summed E-state index contributed by atoms with van der Waals surface area (Å²) >= 11 is 3.13. The minimum absolute atomic E-state index is 0.0711. The first-order valence-electron chi connectivity index (χ1n) is 6.92. The zero-order valence-corrected chi connectivity index (χ0v) is 14.9. The van der Waals surface area contributed by atoms with E-state index in [9.17, 15) is 8.78 Å². The third-order valence-corrected chi connectivity index (χ3v) is 2.78. The third kappa shape index (κ3) is 10.0. The molecule has 0 aliphatic heterocycles. The van der Waals surface area contributed by atoms with Crippen LogP contribution in [0.4, 0.5) is 8.78 Å². The van der Waals surface area contributed by atoms with Crippen molar-refractivity contribution in [2.75, 3.05) is 11.9 Å². The molecule has 2 rings (SSSR count). The molecule has 0 unspecified atom stereocenters. The highest BCUT2D eigenvalue weighted by atomic mass is 79.9. The molecule has 0 heterocycles. The van der Waals surface area contributed by atoms with E-state index in [1.54, 1.807) is 6.08 Å². The fourth-order valence-corrected chi connectivity index (χ4v) is 1.25. The number of phenolic OH excluding ortho intramolecular Hbond substituents is 3. The quantitative estimate of drug-likeness (QED) is 0.376. The molecule has 0 spiro atoms. The van der Waals surface area contributed by atoms with Gasteiger partial charge >= 0.3 is 0 Å². The summed E-state index contributed by atoms with van der Waals surface area (Å²) in [6.45, 7) is 7.11. The predicted octanol–water partition coefficient (Wildman–Crippen LogP) is 4.90. The van der Waals surface area contributed by atoms with Crippen LogP contribution in [0.5, 0.6) is 23.0 Å². The van der Waals surface area contributed by atoms with Crippen molar-refractivity contribution >= 4 is 15.9 Å². The zero-order chi connectivity index (χ0) is 19.2. The van der Waals surface area contributed by atoms with Crippen molar-refractivity contribution in [2.24, 2.45) is 0 Å². The van der Waals surface area contributed by atoms with E-state index in [0.717, 1.165) is 35.7 Å². The summed E-state index contributed by atoms with van der Waals surface area (Å²) in [6.07, 6.45) is 3.31. The molecule has 0 aromatic heterocycles. The molecule has 0 fully saturated rings. The van der Waals surface area contributed by atoms with Gasteiger partial charge in [0.05, 0.1) is 0 Å². The van der Waals surface area contributed by atoms with E-state index in [1.807, 2.05) is 0 Å². The van der Waals surface area contributed by atoms with E-state index in [1.165, 1.54) is 12.1 Å². The summed E-state index contributed by atoms with van der Waals surface area (Å²) in [5.74, 6) is -1.68. The second-order valence-electron chi connectivity index (χ2n) is 4.29. The van der Waals surface area contributed by atoms with Gasteiger partial charge in [-0.05, 0) is 24.3 Å². The number of hydrogen-bond donors (Lipinski definition) is 3. The maximum absolute atomic E-state index is 12.6. The average Bonchev–Trinajstić information content (AvgIpc) is 2.60. The van der Waals surface area contributed by atoms with Gasteiger partial charge in [-0.25, -0.2) is 8.78 Å². The highest BCUT2D eigenvalue weighted by Crippen LogP contribution is 2.26. The molecule has 7 heteroatoms. The van der Waals surface area contributed by atoms with Crippen molar-refractivity contribution in [3.05, 3.63) is 73.3 Å². The molecule has 136 valence electrons. The van der Waals surface area contributed by atoms with Crippen LogP contribution in [0.3, 0.4) is 0 Å². The number of alkyl halides is 1. The summed E-state index contributed by atoms with van der Waals surface area (Å²) in [7, 11) is 0. The standard InChI is InChI=1S/C9H9FO2.C6H5FO2.C3H5Br/c1-2-5-12-9-6-7(10)3-4-8(9)11;7-4-1-2-5(8)6(9)3-4;1-2-3-4/h2-4,6,11H,1,5H2;1-3,8-9H;2H,1,3H2. The number of allylic oxidation sites excluding steroid dienone is 1. The Morgan fingerprint density at radius 3 is 1.84 bits per heavy atom. The molecule has 0 saturated carbocycles. The van der Waals surface area contributed by atoms with Crippen LogP contribution in [0.15, 0.2) is 61.7 Å². The molecule has 3 N–H and O–H groups in total. The van der Waals surface area contributed by atoms with Crippen LogP contribution in [-0.2, 0) is 0 Å². The second-order valence-corrected chi connectivity index (χ2v) is 4.94. The monoisotopic (exact) mass is 416 g/mol. The summed E-state index contributed by atoms with van der Waals surface area (Å²) in [4.78, 5) is 0. The number of rotatable bonds is 4. The number of aromatic hydroxyl groups is 3. The average molecular weight is 417 g/mol. The molecule has 4 nitrogen and oxygen atoms in total. The van der Waals surface area contributed by atoms with Crippen LogP contribution in [-0.4, -0.2) is 27.3 Å². The van der Waals surface area contributed by atoms with Gasteiger partial charge in [-0.15, -0.1) is 6.58 Å². The van der Waals surface area contributed by atoms with E-state index in [2.05, 4.69) is 29.1 Å². The van der Waals surface area contributed by atoms with Crippen molar-refractivity contribution in [1.29, 1.82) is 0 Å². The summed E-state index contributed by atoms with van der Waals surface area (Å²) in [6, 6.07) is 6.53. The second kappa shape index (κ2) is 12.8. The highest BCUT2D eigenvalue weighted by Gasteiger charge is 2.02. The summed E-state index contributed by atoms with van der Waals surface area (Å²) in [5, 5.41) is 27.3. The van der Waals surface area contributed by atoms with Crippen molar-refractivity contribution in [2.45, 2.75) is 0 Å². The molecule has 2 aromatic rings. The van der Waals surface area contributed by atoms with Crippen molar-refractivity contribution < 1.29 is 28.8 Å². The number of phenols is 3. The van der Waals surface area contributed by atoms with Gasteiger partial charge in [0.15, 0.2) is 23.0 Å². The van der Waals surface area contributed by atoms with Crippen LogP contribution in [0, 0.1) is 11.6 Å². The molecule has 0 aliphatic carbocycles. The zero-order valence-electron chi connectivity index (χ0n) is 13.3. The lowest BCUT2D eigenvalue weighted by Gasteiger charge is -2.04. The smallest absolute Gasteiger partial charge is 0.164 e. The Hall–Kier alpha value is -2.54. The van der Waals surface area contributed by atoms with Gasteiger partial charge in [0.25, 0.3) is 0 Å². The van der Waals surface area contributed by atoms with Gasteiger partial charge in [-0.1, -0.05) is 34.7 Å². The Kier molecular flexibility index (Phi) is 11.5. The molecule has 0 atom stereocenters. The van der Waals surface area contributed by atoms with Crippen LogP contribution in [0.2, 0.25) is 0 Å². The van der Waals surface area contributed by atoms with Crippen molar-refractivity contribution in [3.8, 4) is 23.0 Å². The molecule has 25 heavy (non-hydrogen) atoms. The normalized spacial score (nSPS) is 8.92. The number of ether oxygens (including phenoxy) is 1. The first kappa shape index (κ1) is 22.5. The molecule has 2 aromatic carbocycles. The largest absolute Gasteiger partial charge is 0.504 e. The van der Waals surface area contributed by atoms with Crippen molar-refractivity contribution in [3.63, 3.8) is 0 Å². The predicted molar refractivity (Wildman–Crippen MR) is 97.5 cm³/mol. The third-order valence-electron chi connectivity index (χ3n) is 2.33. The topological polar surface area (TPSA) is 69.9 Å². The van der Waals surface area contributed by atoms with E-state index >= 15 is 0 Å². The highest BCUT2D eigenvalue weighted by molar-refractivity contribution is 9.09. The Bertz CT molecular complexity index is 678. The van der Waals surface area contributed by atoms with E-state index < -0.39 is 17.4 Å². The molecule has 0 bridgehead atoms. The van der Waals surface area contributed by atoms with Gasteiger partial charge in [0.1, 0.15) is 18.2 Å². The van der Waals surface area contributed by atoms with Gasteiger partial charge in [0.2, 0.25) is 0 Å². The Morgan fingerprint density at radius 2 is 1.40 bits per heavy atom.